The Morgan fingerprint density at radius 1 is 1.33 bits per heavy atom. The Bertz CT molecular complexity index is 609. The van der Waals surface area contributed by atoms with Crippen molar-refractivity contribution in [1.82, 2.24) is 10.2 Å². The summed E-state index contributed by atoms with van der Waals surface area (Å²) >= 11 is 0. The second kappa shape index (κ2) is 6.73. The molecular formula is C19H28N2O3. The summed E-state index contributed by atoms with van der Waals surface area (Å²) in [4.78, 5) is 14.0. The maximum absolute atomic E-state index is 12.2. The molecule has 1 amide bonds. The molecule has 5 heteroatoms. The van der Waals surface area contributed by atoms with Gasteiger partial charge in [-0.15, -0.1) is 0 Å². The van der Waals surface area contributed by atoms with E-state index in [9.17, 15) is 4.79 Å². The summed E-state index contributed by atoms with van der Waals surface area (Å²) in [7, 11) is 0. The number of ether oxygens (including phenoxy) is 2. The van der Waals surface area contributed by atoms with Crippen molar-refractivity contribution in [2.75, 3.05) is 6.61 Å². The molecule has 2 unspecified atom stereocenters. The molecule has 0 aliphatic carbocycles. The van der Waals surface area contributed by atoms with Gasteiger partial charge in [-0.3, -0.25) is 4.90 Å². The Kier molecular flexibility index (Phi) is 4.83. The Labute approximate surface area is 144 Å². The molecule has 1 aromatic carbocycles. The summed E-state index contributed by atoms with van der Waals surface area (Å²) in [6, 6.07) is 6.90. The predicted molar refractivity (Wildman–Crippen MR) is 92.6 cm³/mol. The van der Waals surface area contributed by atoms with Crippen LogP contribution in [-0.4, -0.2) is 35.3 Å². The second-order valence-electron chi connectivity index (χ2n) is 7.79. The van der Waals surface area contributed by atoms with E-state index < -0.39 is 5.60 Å². The smallest absolute Gasteiger partial charge is 0.410 e. The van der Waals surface area contributed by atoms with Crippen LogP contribution in [0, 0.1) is 0 Å². The molecule has 24 heavy (non-hydrogen) atoms. The third kappa shape index (κ3) is 4.08. The fraction of sp³-hybridized carbons (Fsp3) is 0.632. The van der Waals surface area contributed by atoms with Gasteiger partial charge in [0.15, 0.2) is 0 Å². The SMILES string of the molecule is CC1OCCC1NCc1ccc2c(c1)CN(C(=O)OC(C)(C)C)C2. The number of nitrogens with zero attached hydrogens (tertiary/aromatic N) is 1. The van der Waals surface area contributed by atoms with E-state index in [0.29, 0.717) is 19.1 Å². The first-order valence-corrected chi connectivity index (χ1v) is 8.75. The van der Waals surface area contributed by atoms with Gasteiger partial charge in [0, 0.05) is 32.3 Å². The molecule has 1 saturated heterocycles. The molecule has 1 aromatic rings. The minimum atomic E-state index is -0.457. The number of carbonyl (C=O) groups is 1. The zero-order chi connectivity index (χ0) is 17.3. The standard InChI is InChI=1S/C19H28N2O3/c1-13-17(7-8-23-13)20-10-14-5-6-15-11-21(12-16(15)9-14)18(22)24-19(2,3)4/h5-6,9,13,17,20H,7-8,10-12H2,1-4H3. The van der Waals surface area contributed by atoms with Crippen LogP contribution in [0.4, 0.5) is 4.79 Å². The van der Waals surface area contributed by atoms with E-state index in [0.717, 1.165) is 19.6 Å². The van der Waals surface area contributed by atoms with Gasteiger partial charge >= 0.3 is 6.09 Å². The number of hydrogen-bond donors (Lipinski definition) is 1. The van der Waals surface area contributed by atoms with Gasteiger partial charge in [0.1, 0.15) is 5.60 Å². The fourth-order valence-corrected chi connectivity index (χ4v) is 3.26. The summed E-state index contributed by atoms with van der Waals surface area (Å²) in [5.74, 6) is 0. The lowest BCUT2D eigenvalue weighted by molar-refractivity contribution is 0.0242. The zero-order valence-corrected chi connectivity index (χ0v) is 15.1. The van der Waals surface area contributed by atoms with Crippen LogP contribution < -0.4 is 5.32 Å². The van der Waals surface area contributed by atoms with E-state index in [1.807, 2.05) is 20.8 Å². The minimum Gasteiger partial charge on any atom is -0.444 e. The van der Waals surface area contributed by atoms with Gasteiger partial charge in [-0.2, -0.15) is 0 Å². The second-order valence-corrected chi connectivity index (χ2v) is 7.79. The van der Waals surface area contributed by atoms with Crippen LogP contribution in [0.15, 0.2) is 18.2 Å². The van der Waals surface area contributed by atoms with Crippen molar-refractivity contribution in [3.63, 3.8) is 0 Å². The molecular weight excluding hydrogens is 304 g/mol. The highest BCUT2D eigenvalue weighted by Crippen LogP contribution is 2.26. The van der Waals surface area contributed by atoms with E-state index in [1.165, 1.54) is 16.7 Å². The van der Waals surface area contributed by atoms with Crippen molar-refractivity contribution >= 4 is 6.09 Å². The van der Waals surface area contributed by atoms with Crippen LogP contribution in [0.25, 0.3) is 0 Å². The number of fused-ring (bicyclic) bond motifs is 1. The minimum absolute atomic E-state index is 0.240. The van der Waals surface area contributed by atoms with E-state index in [1.54, 1.807) is 4.90 Å². The first-order chi connectivity index (χ1) is 11.3. The van der Waals surface area contributed by atoms with Gasteiger partial charge in [0.25, 0.3) is 0 Å². The predicted octanol–water partition coefficient (Wildman–Crippen LogP) is 3.20. The van der Waals surface area contributed by atoms with E-state index in [2.05, 4.69) is 30.4 Å². The molecule has 3 rings (SSSR count). The van der Waals surface area contributed by atoms with E-state index in [4.69, 9.17) is 9.47 Å². The lowest BCUT2D eigenvalue weighted by atomic mass is 10.1. The fourth-order valence-electron chi connectivity index (χ4n) is 3.26. The number of nitrogens with one attached hydrogen (secondary N) is 1. The van der Waals surface area contributed by atoms with Crippen LogP contribution in [-0.2, 0) is 29.1 Å². The molecule has 5 nitrogen and oxygen atoms in total. The molecule has 2 atom stereocenters. The van der Waals surface area contributed by atoms with Crippen molar-refractivity contribution in [1.29, 1.82) is 0 Å². The molecule has 132 valence electrons. The van der Waals surface area contributed by atoms with Gasteiger partial charge in [-0.25, -0.2) is 4.79 Å². The average molecular weight is 332 g/mol. The quantitative estimate of drug-likeness (QED) is 0.923. The highest BCUT2D eigenvalue weighted by atomic mass is 16.6. The summed E-state index contributed by atoms with van der Waals surface area (Å²) in [5, 5.41) is 3.57. The maximum Gasteiger partial charge on any atom is 0.410 e. The number of carbonyl (C=O) groups excluding carboxylic acids is 1. The Morgan fingerprint density at radius 2 is 2.08 bits per heavy atom. The molecule has 2 aliphatic heterocycles. The van der Waals surface area contributed by atoms with Crippen LogP contribution >= 0.6 is 0 Å². The van der Waals surface area contributed by atoms with Crippen molar-refractivity contribution in [2.24, 2.45) is 0 Å². The molecule has 0 spiro atoms. The van der Waals surface area contributed by atoms with Gasteiger partial charge in [0.2, 0.25) is 0 Å². The first-order valence-electron chi connectivity index (χ1n) is 8.75. The third-order valence-corrected chi connectivity index (χ3v) is 4.59. The maximum atomic E-state index is 12.2. The molecule has 2 aliphatic rings. The number of amides is 1. The van der Waals surface area contributed by atoms with Crippen molar-refractivity contribution in [3.8, 4) is 0 Å². The van der Waals surface area contributed by atoms with Gasteiger partial charge in [-0.1, -0.05) is 18.2 Å². The normalized spacial score (nSPS) is 23.4. The number of benzene rings is 1. The zero-order valence-electron chi connectivity index (χ0n) is 15.1. The van der Waals surface area contributed by atoms with Crippen LogP contribution in [0.3, 0.4) is 0 Å². The molecule has 0 bridgehead atoms. The lowest BCUT2D eigenvalue weighted by Gasteiger charge is -2.24. The van der Waals surface area contributed by atoms with E-state index in [-0.39, 0.29) is 12.2 Å². The number of rotatable bonds is 3. The van der Waals surface area contributed by atoms with Crippen LogP contribution in [0.1, 0.15) is 50.8 Å². The average Bonchev–Trinajstić information content (AvgIpc) is 3.08. The van der Waals surface area contributed by atoms with Gasteiger partial charge < -0.3 is 14.8 Å². The third-order valence-electron chi connectivity index (χ3n) is 4.59. The lowest BCUT2D eigenvalue weighted by Crippen LogP contribution is -2.34. The van der Waals surface area contributed by atoms with Crippen LogP contribution in [0.5, 0.6) is 0 Å². The molecule has 2 heterocycles. The van der Waals surface area contributed by atoms with Crippen molar-refractivity contribution in [2.45, 2.75) is 71.5 Å². The summed E-state index contributed by atoms with van der Waals surface area (Å²) < 4.78 is 11.1. The van der Waals surface area contributed by atoms with Crippen molar-refractivity contribution in [3.05, 3.63) is 34.9 Å². The summed E-state index contributed by atoms with van der Waals surface area (Å²) in [6.07, 6.45) is 1.11. The molecule has 0 saturated carbocycles. The Balaban J connectivity index is 1.58. The van der Waals surface area contributed by atoms with Crippen molar-refractivity contribution < 1.29 is 14.3 Å². The molecule has 0 radical (unpaired) electrons. The largest absolute Gasteiger partial charge is 0.444 e. The number of hydrogen-bond acceptors (Lipinski definition) is 4. The molecule has 1 fully saturated rings. The monoisotopic (exact) mass is 332 g/mol. The highest BCUT2D eigenvalue weighted by molar-refractivity contribution is 5.69. The van der Waals surface area contributed by atoms with Gasteiger partial charge in [0.05, 0.1) is 6.10 Å². The Morgan fingerprint density at radius 3 is 2.75 bits per heavy atom. The van der Waals surface area contributed by atoms with Crippen LogP contribution in [0.2, 0.25) is 0 Å². The highest BCUT2D eigenvalue weighted by Gasteiger charge is 2.28. The summed E-state index contributed by atoms with van der Waals surface area (Å²) in [5.41, 5.74) is 3.22. The molecule has 1 N–H and O–H groups in total. The topological polar surface area (TPSA) is 50.8 Å². The Hall–Kier alpha value is -1.59. The first kappa shape index (κ1) is 17.2. The van der Waals surface area contributed by atoms with Gasteiger partial charge in [-0.05, 0) is 50.8 Å². The summed E-state index contributed by atoms with van der Waals surface area (Å²) in [6.45, 7) is 10.7. The molecule has 0 aromatic heterocycles. The van der Waals surface area contributed by atoms with E-state index >= 15 is 0 Å².